The van der Waals surface area contributed by atoms with Gasteiger partial charge in [0.15, 0.2) is 6.61 Å². The molecule has 0 radical (unpaired) electrons. The van der Waals surface area contributed by atoms with Crippen LogP contribution in [0.15, 0.2) is 18.2 Å². The first kappa shape index (κ1) is 16.3. The molecule has 0 aromatic heterocycles. The summed E-state index contributed by atoms with van der Waals surface area (Å²) in [6, 6.07) is 5.51. The SMILES string of the molecule is COC(=O)COc1ccc(OC)cc1CNCC(C)C. The average Bonchev–Trinajstić information content (AvgIpc) is 2.44. The number of hydrogen-bond acceptors (Lipinski definition) is 5. The van der Waals surface area contributed by atoms with Crippen molar-refractivity contribution >= 4 is 5.97 Å². The second-order valence-electron chi connectivity index (χ2n) is 4.86. The summed E-state index contributed by atoms with van der Waals surface area (Å²) in [4.78, 5) is 11.1. The van der Waals surface area contributed by atoms with E-state index in [4.69, 9.17) is 9.47 Å². The van der Waals surface area contributed by atoms with Crippen molar-refractivity contribution in [2.75, 3.05) is 27.4 Å². The molecule has 1 N–H and O–H groups in total. The molecule has 0 aliphatic rings. The molecular formula is C15H23NO4. The highest BCUT2D eigenvalue weighted by atomic mass is 16.6. The van der Waals surface area contributed by atoms with Crippen molar-refractivity contribution in [1.82, 2.24) is 5.32 Å². The first-order valence-electron chi connectivity index (χ1n) is 6.64. The summed E-state index contributed by atoms with van der Waals surface area (Å²) in [5.74, 6) is 1.59. The number of benzene rings is 1. The molecule has 0 aliphatic carbocycles. The van der Waals surface area contributed by atoms with E-state index in [0.29, 0.717) is 18.2 Å². The molecule has 0 atom stereocenters. The van der Waals surface area contributed by atoms with Crippen LogP contribution in [0.3, 0.4) is 0 Å². The van der Waals surface area contributed by atoms with Crippen LogP contribution in [0.5, 0.6) is 11.5 Å². The minimum atomic E-state index is -0.401. The van der Waals surface area contributed by atoms with Gasteiger partial charge in [0, 0.05) is 12.1 Å². The van der Waals surface area contributed by atoms with Crippen molar-refractivity contribution in [3.05, 3.63) is 23.8 Å². The van der Waals surface area contributed by atoms with E-state index < -0.39 is 5.97 Å². The van der Waals surface area contributed by atoms with E-state index in [9.17, 15) is 4.79 Å². The van der Waals surface area contributed by atoms with E-state index in [2.05, 4.69) is 23.9 Å². The van der Waals surface area contributed by atoms with E-state index in [-0.39, 0.29) is 6.61 Å². The molecule has 0 saturated carbocycles. The smallest absolute Gasteiger partial charge is 0.343 e. The van der Waals surface area contributed by atoms with Gasteiger partial charge in [-0.2, -0.15) is 0 Å². The maximum Gasteiger partial charge on any atom is 0.343 e. The summed E-state index contributed by atoms with van der Waals surface area (Å²) in [7, 11) is 2.96. The zero-order valence-corrected chi connectivity index (χ0v) is 12.6. The van der Waals surface area contributed by atoms with Crippen molar-refractivity contribution < 1.29 is 19.0 Å². The third-order valence-electron chi connectivity index (χ3n) is 2.71. The Labute approximate surface area is 120 Å². The fraction of sp³-hybridized carbons (Fsp3) is 0.533. The van der Waals surface area contributed by atoms with Crippen molar-refractivity contribution in [3.63, 3.8) is 0 Å². The number of ether oxygens (including phenoxy) is 3. The second kappa shape index (κ2) is 8.43. The summed E-state index contributed by atoms with van der Waals surface area (Å²) in [6.45, 7) is 5.76. The van der Waals surface area contributed by atoms with E-state index in [1.54, 1.807) is 19.2 Å². The Morgan fingerprint density at radius 1 is 1.30 bits per heavy atom. The first-order valence-corrected chi connectivity index (χ1v) is 6.64. The summed E-state index contributed by atoms with van der Waals surface area (Å²) < 4.78 is 15.3. The van der Waals surface area contributed by atoms with Crippen LogP contribution in [0.25, 0.3) is 0 Å². The molecular weight excluding hydrogens is 258 g/mol. The lowest BCUT2D eigenvalue weighted by molar-refractivity contribution is -0.142. The highest BCUT2D eigenvalue weighted by Crippen LogP contribution is 2.24. The van der Waals surface area contributed by atoms with Gasteiger partial charge in [0.2, 0.25) is 0 Å². The highest BCUT2D eigenvalue weighted by Gasteiger charge is 2.08. The van der Waals surface area contributed by atoms with Gasteiger partial charge in [-0.05, 0) is 30.7 Å². The molecule has 0 aliphatic heterocycles. The number of hydrogen-bond donors (Lipinski definition) is 1. The maximum atomic E-state index is 11.1. The van der Waals surface area contributed by atoms with E-state index >= 15 is 0 Å². The molecule has 1 aromatic rings. The van der Waals surface area contributed by atoms with Crippen LogP contribution in [0.2, 0.25) is 0 Å². The highest BCUT2D eigenvalue weighted by molar-refractivity contribution is 5.70. The largest absolute Gasteiger partial charge is 0.497 e. The molecule has 0 fully saturated rings. The first-order chi connectivity index (χ1) is 9.56. The van der Waals surface area contributed by atoms with Crippen LogP contribution in [0.4, 0.5) is 0 Å². The zero-order chi connectivity index (χ0) is 15.0. The minimum absolute atomic E-state index is 0.0972. The molecule has 20 heavy (non-hydrogen) atoms. The van der Waals surface area contributed by atoms with Gasteiger partial charge < -0.3 is 19.5 Å². The number of esters is 1. The van der Waals surface area contributed by atoms with Gasteiger partial charge in [0.1, 0.15) is 11.5 Å². The van der Waals surface area contributed by atoms with Gasteiger partial charge in [0.05, 0.1) is 14.2 Å². The third-order valence-corrected chi connectivity index (χ3v) is 2.71. The summed E-state index contributed by atoms with van der Waals surface area (Å²) in [5.41, 5.74) is 0.953. The van der Waals surface area contributed by atoms with Gasteiger partial charge in [-0.3, -0.25) is 0 Å². The van der Waals surface area contributed by atoms with Crippen molar-refractivity contribution in [2.45, 2.75) is 20.4 Å². The van der Waals surface area contributed by atoms with Crippen molar-refractivity contribution in [3.8, 4) is 11.5 Å². The lowest BCUT2D eigenvalue weighted by atomic mass is 10.1. The molecule has 5 nitrogen and oxygen atoms in total. The fourth-order valence-corrected chi connectivity index (χ4v) is 1.65. The van der Waals surface area contributed by atoms with Crippen molar-refractivity contribution in [1.29, 1.82) is 0 Å². The summed E-state index contributed by atoms with van der Waals surface area (Å²) in [6.07, 6.45) is 0. The quantitative estimate of drug-likeness (QED) is 0.739. The van der Waals surface area contributed by atoms with E-state index in [0.717, 1.165) is 17.9 Å². The second-order valence-corrected chi connectivity index (χ2v) is 4.86. The molecule has 0 saturated heterocycles. The van der Waals surface area contributed by atoms with Gasteiger partial charge in [-0.15, -0.1) is 0 Å². The molecule has 0 unspecified atom stereocenters. The van der Waals surface area contributed by atoms with Gasteiger partial charge in [0.25, 0.3) is 0 Å². The molecule has 112 valence electrons. The number of nitrogens with one attached hydrogen (secondary N) is 1. The minimum Gasteiger partial charge on any atom is -0.497 e. The summed E-state index contributed by atoms with van der Waals surface area (Å²) >= 11 is 0. The Morgan fingerprint density at radius 3 is 2.65 bits per heavy atom. The Bertz CT molecular complexity index is 432. The maximum absolute atomic E-state index is 11.1. The van der Waals surface area contributed by atoms with Gasteiger partial charge in [-0.25, -0.2) is 4.79 Å². The summed E-state index contributed by atoms with van der Waals surface area (Å²) in [5, 5.41) is 3.34. The van der Waals surface area contributed by atoms with E-state index in [1.165, 1.54) is 7.11 Å². The van der Waals surface area contributed by atoms with Crippen LogP contribution in [-0.4, -0.2) is 33.3 Å². The van der Waals surface area contributed by atoms with Gasteiger partial charge in [-0.1, -0.05) is 13.8 Å². The molecule has 0 amide bonds. The molecule has 1 rings (SSSR count). The van der Waals surface area contributed by atoms with Crippen LogP contribution < -0.4 is 14.8 Å². The Kier molecular flexibility index (Phi) is 6.87. The standard InChI is InChI=1S/C15H23NO4/c1-11(2)8-16-9-12-7-13(18-3)5-6-14(12)20-10-15(17)19-4/h5-7,11,16H,8-10H2,1-4H3. The van der Waals surface area contributed by atoms with Crippen LogP contribution >= 0.6 is 0 Å². The van der Waals surface area contributed by atoms with Crippen LogP contribution in [0, 0.1) is 5.92 Å². The third kappa shape index (κ3) is 5.48. The normalized spacial score (nSPS) is 10.4. The lowest BCUT2D eigenvalue weighted by Crippen LogP contribution is -2.20. The Morgan fingerprint density at radius 2 is 2.05 bits per heavy atom. The molecule has 0 heterocycles. The Hall–Kier alpha value is -1.75. The number of rotatable bonds is 8. The molecule has 0 spiro atoms. The van der Waals surface area contributed by atoms with E-state index in [1.807, 2.05) is 6.07 Å². The molecule has 5 heteroatoms. The lowest BCUT2D eigenvalue weighted by Gasteiger charge is -2.14. The zero-order valence-electron chi connectivity index (χ0n) is 12.6. The molecule has 0 bridgehead atoms. The van der Waals surface area contributed by atoms with Gasteiger partial charge >= 0.3 is 5.97 Å². The number of carbonyl (C=O) groups excluding carboxylic acids is 1. The predicted octanol–water partition coefficient (Wildman–Crippen LogP) is 1.99. The average molecular weight is 281 g/mol. The molecule has 1 aromatic carbocycles. The predicted molar refractivity (Wildman–Crippen MR) is 77.0 cm³/mol. The topological polar surface area (TPSA) is 56.8 Å². The monoisotopic (exact) mass is 281 g/mol. The Balaban J connectivity index is 2.72. The van der Waals surface area contributed by atoms with Crippen LogP contribution in [-0.2, 0) is 16.1 Å². The van der Waals surface area contributed by atoms with Crippen LogP contribution in [0.1, 0.15) is 19.4 Å². The van der Waals surface area contributed by atoms with Crippen molar-refractivity contribution in [2.24, 2.45) is 5.92 Å². The number of carbonyl (C=O) groups is 1. The fourth-order valence-electron chi connectivity index (χ4n) is 1.65. The number of methoxy groups -OCH3 is 2.